The summed E-state index contributed by atoms with van der Waals surface area (Å²) in [5.41, 5.74) is 1.90. The lowest BCUT2D eigenvalue weighted by atomic mass is 10.1. The van der Waals surface area contributed by atoms with E-state index in [9.17, 15) is 18.0 Å². The van der Waals surface area contributed by atoms with E-state index in [1.165, 1.54) is 18.6 Å². The lowest BCUT2D eigenvalue weighted by Crippen LogP contribution is -2.31. The minimum atomic E-state index is -4.53. The summed E-state index contributed by atoms with van der Waals surface area (Å²) in [5.74, 6) is 1.82. The molecule has 1 aliphatic heterocycles. The standard InChI is InChI=1S/C20H22F3N3OS/c1-13-11-15(12-26-7-9-28-10-8-26)3-5-17(13)25-19(27)16-4-6-18(20(21,22)23)24-14(16)2/h3-6,11H,7-10,12H2,1-2H3,(H,25,27). The summed E-state index contributed by atoms with van der Waals surface area (Å²) in [6.45, 7) is 6.32. The Bertz CT molecular complexity index is 864. The second kappa shape index (κ2) is 8.53. The molecule has 1 saturated heterocycles. The van der Waals surface area contributed by atoms with Crippen LogP contribution < -0.4 is 5.32 Å². The van der Waals surface area contributed by atoms with Crippen LogP contribution in [0.4, 0.5) is 18.9 Å². The smallest absolute Gasteiger partial charge is 0.322 e. The van der Waals surface area contributed by atoms with E-state index in [0.717, 1.165) is 42.8 Å². The van der Waals surface area contributed by atoms with Gasteiger partial charge in [-0.15, -0.1) is 0 Å². The molecule has 0 radical (unpaired) electrons. The molecule has 8 heteroatoms. The Morgan fingerprint density at radius 3 is 2.50 bits per heavy atom. The first-order valence-electron chi connectivity index (χ1n) is 9.00. The number of hydrogen-bond acceptors (Lipinski definition) is 4. The van der Waals surface area contributed by atoms with Gasteiger partial charge < -0.3 is 5.32 Å². The number of anilines is 1. The molecule has 0 atom stereocenters. The summed E-state index contributed by atoms with van der Waals surface area (Å²) in [4.78, 5) is 18.4. The van der Waals surface area contributed by atoms with Crippen LogP contribution in [-0.4, -0.2) is 40.4 Å². The van der Waals surface area contributed by atoms with Gasteiger partial charge >= 0.3 is 6.18 Å². The molecule has 1 N–H and O–H groups in total. The SMILES string of the molecule is Cc1cc(CN2CCSCC2)ccc1NC(=O)c1ccc(C(F)(F)F)nc1C. The van der Waals surface area contributed by atoms with Crippen LogP contribution in [0, 0.1) is 13.8 Å². The lowest BCUT2D eigenvalue weighted by molar-refractivity contribution is -0.141. The molecule has 1 amide bonds. The van der Waals surface area contributed by atoms with Gasteiger partial charge in [0, 0.05) is 36.8 Å². The molecule has 0 saturated carbocycles. The van der Waals surface area contributed by atoms with Gasteiger partial charge in [-0.1, -0.05) is 12.1 Å². The highest BCUT2D eigenvalue weighted by Crippen LogP contribution is 2.28. The first-order valence-corrected chi connectivity index (χ1v) is 10.2. The number of pyridine rings is 1. The summed E-state index contributed by atoms with van der Waals surface area (Å²) in [7, 11) is 0. The average Bonchev–Trinajstić information content (AvgIpc) is 2.64. The quantitative estimate of drug-likeness (QED) is 0.807. The molecule has 28 heavy (non-hydrogen) atoms. The molecule has 1 aromatic carbocycles. The maximum atomic E-state index is 12.7. The molecule has 150 valence electrons. The molecule has 1 aliphatic rings. The maximum Gasteiger partial charge on any atom is 0.433 e. The molecule has 4 nitrogen and oxygen atoms in total. The van der Waals surface area contributed by atoms with E-state index in [2.05, 4.69) is 15.2 Å². The Balaban J connectivity index is 1.70. The molecule has 2 heterocycles. The fourth-order valence-corrected chi connectivity index (χ4v) is 4.11. The lowest BCUT2D eigenvalue weighted by Gasteiger charge is -2.26. The Morgan fingerprint density at radius 1 is 1.18 bits per heavy atom. The number of benzene rings is 1. The van der Waals surface area contributed by atoms with Gasteiger partial charge in [0.1, 0.15) is 5.69 Å². The maximum absolute atomic E-state index is 12.7. The van der Waals surface area contributed by atoms with Gasteiger partial charge in [0.05, 0.1) is 11.3 Å². The number of aromatic nitrogens is 1. The summed E-state index contributed by atoms with van der Waals surface area (Å²) < 4.78 is 38.2. The van der Waals surface area contributed by atoms with E-state index < -0.39 is 17.8 Å². The molecule has 0 aliphatic carbocycles. The van der Waals surface area contributed by atoms with Crippen molar-refractivity contribution in [2.24, 2.45) is 0 Å². The summed E-state index contributed by atoms with van der Waals surface area (Å²) in [6.07, 6.45) is -4.53. The fraction of sp³-hybridized carbons (Fsp3) is 0.400. The van der Waals surface area contributed by atoms with Gasteiger partial charge in [-0.2, -0.15) is 24.9 Å². The second-order valence-electron chi connectivity index (χ2n) is 6.82. The molecular formula is C20H22F3N3OS. The van der Waals surface area contributed by atoms with Crippen LogP contribution in [0.15, 0.2) is 30.3 Å². The number of carbonyl (C=O) groups excluding carboxylic acids is 1. The monoisotopic (exact) mass is 409 g/mol. The van der Waals surface area contributed by atoms with E-state index in [4.69, 9.17) is 0 Å². The highest BCUT2D eigenvalue weighted by molar-refractivity contribution is 7.99. The molecule has 2 aromatic rings. The Hall–Kier alpha value is -2.06. The summed E-state index contributed by atoms with van der Waals surface area (Å²) in [5, 5.41) is 2.78. The van der Waals surface area contributed by atoms with Crippen molar-refractivity contribution in [3.8, 4) is 0 Å². The Kier molecular flexibility index (Phi) is 6.30. The minimum Gasteiger partial charge on any atom is -0.322 e. The predicted molar refractivity (Wildman–Crippen MR) is 106 cm³/mol. The third-order valence-corrected chi connectivity index (χ3v) is 5.61. The van der Waals surface area contributed by atoms with Crippen molar-refractivity contribution in [2.75, 3.05) is 29.9 Å². The molecule has 0 spiro atoms. The topological polar surface area (TPSA) is 45.2 Å². The number of nitrogens with one attached hydrogen (secondary N) is 1. The van der Waals surface area contributed by atoms with E-state index in [1.54, 1.807) is 0 Å². The highest BCUT2D eigenvalue weighted by atomic mass is 32.2. The van der Waals surface area contributed by atoms with Crippen LogP contribution in [-0.2, 0) is 12.7 Å². The number of halogens is 3. The van der Waals surface area contributed by atoms with Crippen LogP contribution in [0.2, 0.25) is 0 Å². The van der Waals surface area contributed by atoms with Crippen LogP contribution in [0.5, 0.6) is 0 Å². The third-order valence-electron chi connectivity index (χ3n) is 4.67. The number of carbonyl (C=O) groups is 1. The van der Waals surface area contributed by atoms with E-state index in [1.807, 2.05) is 36.9 Å². The zero-order valence-corrected chi connectivity index (χ0v) is 16.6. The molecular weight excluding hydrogens is 387 g/mol. The van der Waals surface area contributed by atoms with Crippen molar-refractivity contribution in [3.05, 3.63) is 58.4 Å². The number of thioether (sulfide) groups is 1. The number of aryl methyl sites for hydroxylation is 2. The predicted octanol–water partition coefficient (Wildman–Crippen LogP) is 4.52. The van der Waals surface area contributed by atoms with Crippen molar-refractivity contribution in [1.29, 1.82) is 0 Å². The third kappa shape index (κ3) is 5.05. The number of nitrogens with zero attached hydrogens (tertiary/aromatic N) is 2. The zero-order valence-electron chi connectivity index (χ0n) is 15.8. The molecule has 1 fully saturated rings. The van der Waals surface area contributed by atoms with Crippen LogP contribution in [0.3, 0.4) is 0 Å². The summed E-state index contributed by atoms with van der Waals surface area (Å²) >= 11 is 1.97. The highest BCUT2D eigenvalue weighted by Gasteiger charge is 2.33. The van der Waals surface area contributed by atoms with Gasteiger partial charge in [-0.05, 0) is 43.2 Å². The second-order valence-corrected chi connectivity index (χ2v) is 8.04. The van der Waals surface area contributed by atoms with E-state index in [-0.39, 0.29) is 11.3 Å². The molecule has 0 bridgehead atoms. The van der Waals surface area contributed by atoms with Crippen molar-refractivity contribution in [1.82, 2.24) is 9.88 Å². The van der Waals surface area contributed by atoms with Crippen LogP contribution in [0.1, 0.15) is 32.9 Å². The number of rotatable bonds is 4. The van der Waals surface area contributed by atoms with Crippen molar-refractivity contribution in [2.45, 2.75) is 26.6 Å². The van der Waals surface area contributed by atoms with Gasteiger partial charge in [-0.25, -0.2) is 4.98 Å². The number of hydrogen-bond donors (Lipinski definition) is 1. The van der Waals surface area contributed by atoms with Crippen molar-refractivity contribution < 1.29 is 18.0 Å². The summed E-state index contributed by atoms with van der Waals surface area (Å²) in [6, 6.07) is 7.85. The van der Waals surface area contributed by atoms with Gasteiger partial charge in [0.25, 0.3) is 5.91 Å². The van der Waals surface area contributed by atoms with E-state index >= 15 is 0 Å². The number of alkyl halides is 3. The van der Waals surface area contributed by atoms with Crippen LogP contribution in [0.25, 0.3) is 0 Å². The Morgan fingerprint density at radius 2 is 1.89 bits per heavy atom. The minimum absolute atomic E-state index is 0.0459. The van der Waals surface area contributed by atoms with Crippen molar-refractivity contribution >= 4 is 23.4 Å². The van der Waals surface area contributed by atoms with E-state index in [0.29, 0.717) is 5.69 Å². The van der Waals surface area contributed by atoms with Gasteiger partial charge in [-0.3, -0.25) is 9.69 Å². The molecule has 3 rings (SSSR count). The van der Waals surface area contributed by atoms with Crippen molar-refractivity contribution in [3.63, 3.8) is 0 Å². The van der Waals surface area contributed by atoms with Gasteiger partial charge in [0.15, 0.2) is 0 Å². The normalized spacial score (nSPS) is 15.5. The molecule has 1 aromatic heterocycles. The Labute approximate surface area is 166 Å². The fourth-order valence-electron chi connectivity index (χ4n) is 3.13. The van der Waals surface area contributed by atoms with Crippen LogP contribution >= 0.6 is 11.8 Å². The largest absolute Gasteiger partial charge is 0.433 e. The van der Waals surface area contributed by atoms with Gasteiger partial charge in [0.2, 0.25) is 0 Å². The average molecular weight is 409 g/mol. The first kappa shape index (κ1) is 20.7. The number of amides is 1. The molecule has 0 unspecified atom stereocenters. The first-order chi connectivity index (χ1) is 13.2. The zero-order chi connectivity index (χ0) is 20.3.